The maximum absolute atomic E-state index is 11.6. The molecule has 0 saturated heterocycles. The van der Waals surface area contributed by atoms with Crippen molar-refractivity contribution in [1.82, 2.24) is 4.90 Å². The molecule has 2 N–H and O–H groups in total. The lowest BCUT2D eigenvalue weighted by Crippen LogP contribution is -2.35. The van der Waals surface area contributed by atoms with Crippen LogP contribution >= 0.6 is 11.6 Å². The first-order valence-electron chi connectivity index (χ1n) is 5.40. The minimum Gasteiger partial charge on any atom is -0.491 e. The Hall–Kier alpha value is -1.75. The maximum atomic E-state index is 11.6. The van der Waals surface area contributed by atoms with Crippen LogP contribution in [0.4, 0.5) is 0 Å². The zero-order valence-electron chi connectivity index (χ0n) is 10.1. The average molecular weight is 271 g/mol. The van der Waals surface area contributed by atoms with E-state index >= 15 is 0 Å². The maximum Gasteiger partial charge on any atom is 0.237 e. The van der Waals surface area contributed by atoms with Gasteiger partial charge in [0.05, 0.1) is 24.6 Å². The van der Waals surface area contributed by atoms with Gasteiger partial charge in [-0.15, -0.1) is 0 Å². The second-order valence-corrected chi connectivity index (χ2v) is 4.15. The normalized spacial score (nSPS) is 9.89. The van der Waals surface area contributed by atoms with Crippen molar-refractivity contribution in [3.8, 4) is 5.75 Å². The average Bonchev–Trinajstić information content (AvgIpc) is 2.30. The van der Waals surface area contributed by atoms with Gasteiger partial charge in [-0.2, -0.15) is 0 Å². The molecule has 98 valence electrons. The fourth-order valence-corrected chi connectivity index (χ4v) is 1.51. The zero-order valence-corrected chi connectivity index (χ0v) is 10.8. The van der Waals surface area contributed by atoms with Crippen molar-refractivity contribution in [3.63, 3.8) is 0 Å². The van der Waals surface area contributed by atoms with Crippen LogP contribution in [-0.2, 0) is 9.59 Å². The van der Waals surface area contributed by atoms with Crippen LogP contribution in [0.25, 0.3) is 0 Å². The third-order valence-corrected chi connectivity index (χ3v) is 2.54. The topological polar surface area (TPSA) is 72.6 Å². The Kier molecular flexibility index (Phi) is 5.45. The van der Waals surface area contributed by atoms with Crippen LogP contribution in [0.15, 0.2) is 24.3 Å². The van der Waals surface area contributed by atoms with Gasteiger partial charge in [-0.05, 0) is 12.1 Å². The van der Waals surface area contributed by atoms with E-state index in [9.17, 15) is 9.59 Å². The van der Waals surface area contributed by atoms with Crippen molar-refractivity contribution in [1.29, 1.82) is 0 Å². The molecular formula is C12H15ClN2O3. The lowest BCUT2D eigenvalue weighted by molar-refractivity contribution is -0.134. The molecular weight excluding hydrogens is 256 g/mol. The molecule has 1 rings (SSSR count). The van der Waals surface area contributed by atoms with Gasteiger partial charge in [-0.25, -0.2) is 0 Å². The summed E-state index contributed by atoms with van der Waals surface area (Å²) in [5.41, 5.74) is 4.99. The Morgan fingerprint density at radius 3 is 2.67 bits per heavy atom. The highest BCUT2D eigenvalue weighted by molar-refractivity contribution is 6.32. The van der Waals surface area contributed by atoms with Gasteiger partial charge in [-0.1, -0.05) is 23.7 Å². The number of benzene rings is 1. The molecule has 0 radical (unpaired) electrons. The number of carbonyl (C=O) groups is 2. The van der Waals surface area contributed by atoms with E-state index in [1.165, 1.54) is 11.9 Å². The van der Waals surface area contributed by atoms with Crippen molar-refractivity contribution in [2.45, 2.75) is 6.42 Å². The molecule has 0 bridgehead atoms. The molecule has 0 aliphatic rings. The van der Waals surface area contributed by atoms with Gasteiger partial charge in [-0.3, -0.25) is 9.59 Å². The van der Waals surface area contributed by atoms with E-state index in [1.54, 1.807) is 24.3 Å². The number of para-hydroxylation sites is 1. The summed E-state index contributed by atoms with van der Waals surface area (Å²) in [5.74, 6) is -0.219. The number of likely N-dealkylation sites (N-methyl/N-ethyl adjacent to an activating group) is 1. The van der Waals surface area contributed by atoms with Crippen LogP contribution in [0.2, 0.25) is 5.02 Å². The van der Waals surface area contributed by atoms with Gasteiger partial charge >= 0.3 is 0 Å². The van der Waals surface area contributed by atoms with Crippen molar-refractivity contribution in [3.05, 3.63) is 29.3 Å². The highest BCUT2D eigenvalue weighted by Gasteiger charge is 2.11. The number of amides is 2. The number of nitrogens with zero attached hydrogens (tertiary/aromatic N) is 1. The summed E-state index contributed by atoms with van der Waals surface area (Å²) in [6.07, 6.45) is 0.162. The molecule has 0 saturated carbocycles. The molecule has 0 fully saturated rings. The highest BCUT2D eigenvalue weighted by atomic mass is 35.5. The Bertz CT molecular complexity index is 437. The largest absolute Gasteiger partial charge is 0.491 e. The van der Waals surface area contributed by atoms with Crippen molar-refractivity contribution in [2.75, 3.05) is 20.2 Å². The first-order chi connectivity index (χ1) is 8.50. The Morgan fingerprint density at radius 2 is 2.06 bits per heavy atom. The van der Waals surface area contributed by atoms with E-state index in [1.807, 2.05) is 0 Å². The number of rotatable bonds is 6. The Labute approximate surface area is 110 Å². The van der Waals surface area contributed by atoms with Crippen LogP contribution in [-0.4, -0.2) is 36.9 Å². The lowest BCUT2D eigenvalue weighted by Gasteiger charge is -2.15. The number of halogens is 1. The predicted molar refractivity (Wildman–Crippen MR) is 68.4 cm³/mol. The number of nitrogens with two attached hydrogens (primary N) is 1. The van der Waals surface area contributed by atoms with Gasteiger partial charge in [0.15, 0.2) is 0 Å². The third-order valence-electron chi connectivity index (χ3n) is 2.23. The molecule has 2 amide bonds. The van der Waals surface area contributed by atoms with Crippen LogP contribution in [0, 0.1) is 0 Å². The second-order valence-electron chi connectivity index (χ2n) is 3.74. The third kappa shape index (κ3) is 4.63. The number of hydrogen-bond acceptors (Lipinski definition) is 3. The summed E-state index contributed by atoms with van der Waals surface area (Å²) in [6, 6.07) is 7.01. The van der Waals surface area contributed by atoms with E-state index < -0.39 is 5.91 Å². The Morgan fingerprint density at radius 1 is 1.39 bits per heavy atom. The van der Waals surface area contributed by atoms with Gasteiger partial charge in [0.25, 0.3) is 0 Å². The molecule has 6 heteroatoms. The monoisotopic (exact) mass is 270 g/mol. The van der Waals surface area contributed by atoms with Gasteiger partial charge in [0.1, 0.15) is 5.75 Å². The predicted octanol–water partition coefficient (Wildman–Crippen LogP) is 1.05. The first-order valence-corrected chi connectivity index (χ1v) is 5.78. The summed E-state index contributed by atoms with van der Waals surface area (Å²) in [4.78, 5) is 23.5. The number of ether oxygens (including phenoxy) is 1. The number of hydrogen-bond donors (Lipinski definition) is 1. The zero-order chi connectivity index (χ0) is 13.5. The van der Waals surface area contributed by atoms with Gasteiger partial charge in [0.2, 0.25) is 11.8 Å². The summed E-state index contributed by atoms with van der Waals surface area (Å²) in [7, 11) is 1.52. The molecule has 0 aliphatic heterocycles. The van der Waals surface area contributed by atoms with Gasteiger partial charge < -0.3 is 15.4 Å². The Balaban J connectivity index is 2.36. The molecule has 0 aliphatic carbocycles. The minimum absolute atomic E-state index is 0.0923. The molecule has 1 aromatic rings. The van der Waals surface area contributed by atoms with Crippen molar-refractivity contribution < 1.29 is 14.3 Å². The SMILES string of the molecule is CN(CC(N)=O)C(=O)CCOc1ccccc1Cl. The van der Waals surface area contributed by atoms with Crippen LogP contribution in [0.1, 0.15) is 6.42 Å². The summed E-state index contributed by atoms with van der Waals surface area (Å²) in [5, 5.41) is 0.496. The van der Waals surface area contributed by atoms with Crippen LogP contribution < -0.4 is 10.5 Å². The quantitative estimate of drug-likeness (QED) is 0.840. The molecule has 0 aromatic heterocycles. The molecule has 5 nitrogen and oxygen atoms in total. The van der Waals surface area contributed by atoms with Crippen molar-refractivity contribution in [2.24, 2.45) is 5.73 Å². The van der Waals surface area contributed by atoms with E-state index in [-0.39, 0.29) is 25.5 Å². The van der Waals surface area contributed by atoms with Crippen LogP contribution in [0.5, 0.6) is 5.75 Å². The molecule has 0 heterocycles. The first kappa shape index (κ1) is 14.3. The smallest absolute Gasteiger partial charge is 0.237 e. The standard InChI is InChI=1S/C12H15ClN2O3/c1-15(8-11(14)16)12(17)6-7-18-10-5-3-2-4-9(10)13/h2-5H,6-8H2,1H3,(H2,14,16). The summed E-state index contributed by atoms with van der Waals surface area (Å²) in [6.45, 7) is 0.108. The summed E-state index contributed by atoms with van der Waals surface area (Å²) < 4.78 is 5.37. The minimum atomic E-state index is -0.544. The number of carbonyl (C=O) groups excluding carboxylic acids is 2. The molecule has 18 heavy (non-hydrogen) atoms. The fraction of sp³-hybridized carbons (Fsp3) is 0.333. The summed E-state index contributed by atoms with van der Waals surface area (Å²) >= 11 is 5.89. The van der Waals surface area contributed by atoms with Crippen molar-refractivity contribution >= 4 is 23.4 Å². The fourth-order valence-electron chi connectivity index (χ4n) is 1.32. The number of primary amides is 1. The van der Waals surface area contributed by atoms with Gasteiger partial charge in [0, 0.05) is 7.05 Å². The highest BCUT2D eigenvalue weighted by Crippen LogP contribution is 2.23. The van der Waals surface area contributed by atoms with E-state index in [4.69, 9.17) is 22.1 Å². The molecule has 0 atom stereocenters. The van der Waals surface area contributed by atoms with Crippen LogP contribution in [0.3, 0.4) is 0 Å². The molecule has 0 spiro atoms. The van der Waals surface area contributed by atoms with E-state index in [0.29, 0.717) is 10.8 Å². The van der Waals surface area contributed by atoms with E-state index in [2.05, 4.69) is 0 Å². The lowest BCUT2D eigenvalue weighted by atomic mass is 10.3. The second kappa shape index (κ2) is 6.86. The van der Waals surface area contributed by atoms with E-state index in [0.717, 1.165) is 0 Å². The molecule has 0 unspecified atom stereocenters. The molecule has 1 aromatic carbocycles.